The summed E-state index contributed by atoms with van der Waals surface area (Å²) in [5.74, 6) is 0. The SMILES string of the molecule is Nc1cnc2ccoc2c1. The van der Waals surface area contributed by atoms with Crippen LogP contribution in [-0.4, -0.2) is 4.98 Å². The van der Waals surface area contributed by atoms with Gasteiger partial charge in [0.2, 0.25) is 0 Å². The van der Waals surface area contributed by atoms with Crippen molar-refractivity contribution in [3.63, 3.8) is 0 Å². The third-order valence-corrected chi connectivity index (χ3v) is 1.32. The molecule has 0 spiro atoms. The van der Waals surface area contributed by atoms with Gasteiger partial charge in [-0.05, 0) is 0 Å². The van der Waals surface area contributed by atoms with E-state index in [0.717, 1.165) is 11.1 Å². The minimum atomic E-state index is 0.627. The normalized spacial score (nSPS) is 10.4. The summed E-state index contributed by atoms with van der Waals surface area (Å²) < 4.78 is 5.06. The molecule has 2 heterocycles. The molecule has 0 saturated heterocycles. The third kappa shape index (κ3) is 0.639. The fourth-order valence-corrected chi connectivity index (χ4v) is 0.862. The summed E-state index contributed by atoms with van der Waals surface area (Å²) in [4.78, 5) is 4.02. The van der Waals surface area contributed by atoms with E-state index in [9.17, 15) is 0 Å². The van der Waals surface area contributed by atoms with Gasteiger partial charge in [0.25, 0.3) is 0 Å². The van der Waals surface area contributed by atoms with Crippen molar-refractivity contribution in [1.29, 1.82) is 0 Å². The maximum atomic E-state index is 5.46. The van der Waals surface area contributed by atoms with Crippen LogP contribution in [0.15, 0.2) is 29.0 Å². The van der Waals surface area contributed by atoms with Gasteiger partial charge in [0, 0.05) is 12.1 Å². The van der Waals surface area contributed by atoms with Gasteiger partial charge in [-0.3, -0.25) is 4.98 Å². The number of fused-ring (bicyclic) bond motifs is 1. The first-order valence-corrected chi connectivity index (χ1v) is 2.95. The van der Waals surface area contributed by atoms with E-state index < -0.39 is 0 Å². The first-order chi connectivity index (χ1) is 4.86. The van der Waals surface area contributed by atoms with Crippen LogP contribution >= 0.6 is 0 Å². The minimum Gasteiger partial charge on any atom is -0.463 e. The Balaban J connectivity index is 2.86. The molecule has 0 aliphatic carbocycles. The Morgan fingerprint density at radius 3 is 3.30 bits per heavy atom. The lowest BCUT2D eigenvalue weighted by molar-refractivity contribution is 0.615. The highest BCUT2D eigenvalue weighted by Crippen LogP contribution is 2.14. The largest absolute Gasteiger partial charge is 0.463 e. The summed E-state index contributed by atoms with van der Waals surface area (Å²) in [5.41, 5.74) is 7.67. The Kier molecular flexibility index (Phi) is 0.917. The summed E-state index contributed by atoms with van der Waals surface area (Å²) >= 11 is 0. The van der Waals surface area contributed by atoms with E-state index in [1.807, 2.05) is 0 Å². The molecule has 0 saturated carbocycles. The molecular weight excluding hydrogens is 128 g/mol. The monoisotopic (exact) mass is 134 g/mol. The third-order valence-electron chi connectivity index (χ3n) is 1.32. The molecule has 10 heavy (non-hydrogen) atoms. The van der Waals surface area contributed by atoms with Gasteiger partial charge in [-0.2, -0.15) is 0 Å². The van der Waals surface area contributed by atoms with Crippen molar-refractivity contribution in [2.75, 3.05) is 5.73 Å². The number of furan rings is 1. The van der Waals surface area contributed by atoms with Crippen LogP contribution in [0.5, 0.6) is 0 Å². The predicted molar refractivity (Wildman–Crippen MR) is 38.4 cm³/mol. The molecule has 2 aromatic heterocycles. The highest BCUT2D eigenvalue weighted by molar-refractivity contribution is 5.75. The maximum absolute atomic E-state index is 5.46. The second-order valence-corrected chi connectivity index (χ2v) is 2.07. The molecule has 2 aromatic rings. The van der Waals surface area contributed by atoms with Gasteiger partial charge >= 0.3 is 0 Å². The molecule has 0 aliphatic rings. The van der Waals surface area contributed by atoms with Crippen LogP contribution in [0, 0.1) is 0 Å². The van der Waals surface area contributed by atoms with Crippen molar-refractivity contribution < 1.29 is 4.42 Å². The number of hydrogen-bond acceptors (Lipinski definition) is 3. The summed E-state index contributed by atoms with van der Waals surface area (Å²) in [6, 6.07) is 3.55. The highest BCUT2D eigenvalue weighted by atomic mass is 16.3. The summed E-state index contributed by atoms with van der Waals surface area (Å²) in [6.45, 7) is 0. The number of aromatic nitrogens is 1. The van der Waals surface area contributed by atoms with Gasteiger partial charge in [0.15, 0.2) is 5.58 Å². The van der Waals surface area contributed by atoms with Gasteiger partial charge in [-0.1, -0.05) is 0 Å². The second kappa shape index (κ2) is 1.73. The Hall–Kier alpha value is -1.51. The second-order valence-electron chi connectivity index (χ2n) is 2.07. The summed E-state index contributed by atoms with van der Waals surface area (Å²) in [5, 5.41) is 0. The molecule has 0 amide bonds. The number of hydrogen-bond donors (Lipinski definition) is 1. The van der Waals surface area contributed by atoms with Crippen molar-refractivity contribution in [1.82, 2.24) is 4.98 Å². The smallest absolute Gasteiger partial charge is 0.154 e. The van der Waals surface area contributed by atoms with Gasteiger partial charge in [0.1, 0.15) is 5.52 Å². The first kappa shape index (κ1) is 5.29. The van der Waals surface area contributed by atoms with Crippen molar-refractivity contribution in [2.45, 2.75) is 0 Å². The average Bonchev–Trinajstić information content (AvgIpc) is 2.33. The molecule has 0 fully saturated rings. The standard InChI is InChI=1S/C7H6N2O/c8-5-3-7-6(9-4-5)1-2-10-7/h1-4H,8H2. The fraction of sp³-hybridized carbons (Fsp3) is 0. The Morgan fingerprint density at radius 2 is 2.40 bits per heavy atom. The van der Waals surface area contributed by atoms with Crippen molar-refractivity contribution >= 4 is 16.8 Å². The minimum absolute atomic E-state index is 0.627. The molecule has 0 unspecified atom stereocenters. The van der Waals surface area contributed by atoms with E-state index in [2.05, 4.69) is 4.98 Å². The number of nitrogens with zero attached hydrogens (tertiary/aromatic N) is 1. The van der Waals surface area contributed by atoms with E-state index in [-0.39, 0.29) is 0 Å². The number of anilines is 1. The molecule has 0 atom stereocenters. The van der Waals surface area contributed by atoms with Gasteiger partial charge in [-0.15, -0.1) is 0 Å². The van der Waals surface area contributed by atoms with E-state index in [0.29, 0.717) is 5.69 Å². The first-order valence-electron chi connectivity index (χ1n) is 2.95. The zero-order valence-electron chi connectivity index (χ0n) is 5.24. The van der Waals surface area contributed by atoms with Crippen molar-refractivity contribution in [2.24, 2.45) is 0 Å². The van der Waals surface area contributed by atoms with Crippen LogP contribution in [0.3, 0.4) is 0 Å². The van der Waals surface area contributed by atoms with Gasteiger partial charge in [-0.25, -0.2) is 0 Å². The van der Waals surface area contributed by atoms with E-state index in [4.69, 9.17) is 10.2 Å². The molecule has 50 valence electrons. The fourth-order valence-electron chi connectivity index (χ4n) is 0.862. The van der Waals surface area contributed by atoms with Gasteiger partial charge < -0.3 is 10.2 Å². The van der Waals surface area contributed by atoms with Crippen LogP contribution in [-0.2, 0) is 0 Å². The number of nitrogen functional groups attached to an aromatic ring is 1. The number of nitrogens with two attached hydrogens (primary N) is 1. The van der Waals surface area contributed by atoms with Crippen molar-refractivity contribution in [3.05, 3.63) is 24.6 Å². The Morgan fingerprint density at radius 1 is 1.50 bits per heavy atom. The molecule has 2 rings (SSSR count). The topological polar surface area (TPSA) is 52.0 Å². The lowest BCUT2D eigenvalue weighted by atomic mass is 10.4. The van der Waals surface area contributed by atoms with Crippen LogP contribution in [0.4, 0.5) is 5.69 Å². The van der Waals surface area contributed by atoms with Crippen LogP contribution in [0.2, 0.25) is 0 Å². The summed E-state index contributed by atoms with van der Waals surface area (Å²) in [7, 11) is 0. The maximum Gasteiger partial charge on any atom is 0.154 e. The zero-order valence-corrected chi connectivity index (χ0v) is 5.24. The lowest BCUT2D eigenvalue weighted by Crippen LogP contribution is -1.84. The quantitative estimate of drug-likeness (QED) is 0.592. The van der Waals surface area contributed by atoms with E-state index in [1.54, 1.807) is 24.6 Å². The van der Waals surface area contributed by atoms with E-state index >= 15 is 0 Å². The van der Waals surface area contributed by atoms with Gasteiger partial charge in [0.05, 0.1) is 18.1 Å². The van der Waals surface area contributed by atoms with Crippen LogP contribution < -0.4 is 5.73 Å². The van der Waals surface area contributed by atoms with Crippen LogP contribution in [0.25, 0.3) is 11.1 Å². The molecule has 2 N–H and O–H groups in total. The average molecular weight is 134 g/mol. The van der Waals surface area contributed by atoms with E-state index in [1.165, 1.54) is 0 Å². The lowest BCUT2D eigenvalue weighted by Gasteiger charge is -1.88. The zero-order chi connectivity index (χ0) is 6.97. The van der Waals surface area contributed by atoms with Crippen LogP contribution in [0.1, 0.15) is 0 Å². The molecule has 3 nitrogen and oxygen atoms in total. The Bertz CT molecular complexity index is 353. The summed E-state index contributed by atoms with van der Waals surface area (Å²) in [6.07, 6.45) is 3.20. The molecule has 0 radical (unpaired) electrons. The Labute approximate surface area is 57.5 Å². The molecule has 3 heteroatoms. The predicted octanol–water partition coefficient (Wildman–Crippen LogP) is 1.41. The highest BCUT2D eigenvalue weighted by Gasteiger charge is 1.95. The molecule has 0 aliphatic heterocycles. The number of rotatable bonds is 0. The molecule has 0 bridgehead atoms. The number of pyridine rings is 1. The molecular formula is C7H6N2O. The molecule has 0 aromatic carbocycles. The van der Waals surface area contributed by atoms with Crippen molar-refractivity contribution in [3.8, 4) is 0 Å².